The third kappa shape index (κ3) is 4.47. The van der Waals surface area contributed by atoms with Gasteiger partial charge in [-0.3, -0.25) is 4.79 Å². The first kappa shape index (κ1) is 21.1. The molecule has 1 N–H and O–H groups in total. The molecule has 0 fully saturated rings. The SMILES string of the molecule is COc1ccc(CNS(=O)(=O)c2ccc3c(c2)CCN3C(=O)c2ccc(C)cc2)cc1. The van der Waals surface area contributed by atoms with Crippen molar-refractivity contribution < 1.29 is 17.9 Å². The Labute approximate surface area is 182 Å². The van der Waals surface area contributed by atoms with E-state index in [2.05, 4.69) is 4.72 Å². The maximum absolute atomic E-state index is 12.9. The van der Waals surface area contributed by atoms with Crippen LogP contribution in [0.15, 0.2) is 71.6 Å². The first-order valence-electron chi connectivity index (χ1n) is 10.0. The standard InChI is InChI=1S/C24H24N2O4S/c1-17-3-7-19(8-4-17)24(27)26-14-13-20-15-22(11-12-23(20)26)31(28,29)25-16-18-5-9-21(30-2)10-6-18/h3-12,15,25H,13-14,16H2,1-2H3. The molecule has 0 aromatic heterocycles. The fraction of sp³-hybridized carbons (Fsp3) is 0.208. The van der Waals surface area contributed by atoms with Crippen LogP contribution in [0.1, 0.15) is 27.0 Å². The molecule has 1 heterocycles. The van der Waals surface area contributed by atoms with E-state index in [4.69, 9.17) is 4.74 Å². The third-order valence-corrected chi connectivity index (χ3v) is 6.82. The molecule has 3 aromatic carbocycles. The highest BCUT2D eigenvalue weighted by atomic mass is 32.2. The van der Waals surface area contributed by atoms with Gasteiger partial charge in [-0.15, -0.1) is 0 Å². The second kappa shape index (κ2) is 8.53. The van der Waals surface area contributed by atoms with E-state index in [1.54, 1.807) is 42.3 Å². The number of hydrogen-bond donors (Lipinski definition) is 1. The summed E-state index contributed by atoms with van der Waals surface area (Å²) in [6, 6.07) is 19.6. The number of rotatable bonds is 6. The van der Waals surface area contributed by atoms with E-state index in [1.807, 2.05) is 43.3 Å². The Balaban J connectivity index is 1.49. The van der Waals surface area contributed by atoms with Crippen molar-refractivity contribution in [2.24, 2.45) is 0 Å². The first-order valence-corrected chi connectivity index (χ1v) is 11.5. The van der Waals surface area contributed by atoms with Gasteiger partial charge in [-0.1, -0.05) is 29.8 Å². The van der Waals surface area contributed by atoms with E-state index in [-0.39, 0.29) is 17.3 Å². The maximum atomic E-state index is 12.9. The summed E-state index contributed by atoms with van der Waals surface area (Å²) >= 11 is 0. The molecule has 0 saturated carbocycles. The van der Waals surface area contributed by atoms with Gasteiger partial charge in [0.2, 0.25) is 10.0 Å². The number of benzene rings is 3. The van der Waals surface area contributed by atoms with Crippen molar-refractivity contribution in [1.29, 1.82) is 0 Å². The number of carbonyl (C=O) groups is 1. The second-order valence-electron chi connectivity index (χ2n) is 7.54. The summed E-state index contributed by atoms with van der Waals surface area (Å²) in [5, 5.41) is 0. The highest BCUT2D eigenvalue weighted by Crippen LogP contribution is 2.31. The van der Waals surface area contributed by atoms with E-state index >= 15 is 0 Å². The molecule has 0 radical (unpaired) electrons. The number of aryl methyl sites for hydroxylation is 1. The Morgan fingerprint density at radius 3 is 2.42 bits per heavy atom. The van der Waals surface area contributed by atoms with Gasteiger partial charge in [0.05, 0.1) is 12.0 Å². The Hall–Kier alpha value is -3.16. The lowest BCUT2D eigenvalue weighted by atomic mass is 10.1. The maximum Gasteiger partial charge on any atom is 0.258 e. The van der Waals surface area contributed by atoms with Crippen molar-refractivity contribution in [3.63, 3.8) is 0 Å². The summed E-state index contributed by atoms with van der Waals surface area (Å²) in [7, 11) is -2.09. The van der Waals surface area contributed by atoms with Crippen molar-refractivity contribution in [2.75, 3.05) is 18.6 Å². The molecular formula is C24H24N2O4S. The minimum atomic E-state index is -3.68. The summed E-state index contributed by atoms with van der Waals surface area (Å²) in [4.78, 5) is 14.8. The predicted molar refractivity (Wildman–Crippen MR) is 120 cm³/mol. The molecular weight excluding hydrogens is 412 g/mol. The lowest BCUT2D eigenvalue weighted by Gasteiger charge is -2.18. The van der Waals surface area contributed by atoms with E-state index in [9.17, 15) is 13.2 Å². The van der Waals surface area contributed by atoms with Crippen LogP contribution in [0.4, 0.5) is 5.69 Å². The van der Waals surface area contributed by atoms with Crippen molar-refractivity contribution >= 4 is 21.6 Å². The summed E-state index contributed by atoms with van der Waals surface area (Å²) in [6.07, 6.45) is 0.620. The van der Waals surface area contributed by atoms with Gasteiger partial charge in [-0.25, -0.2) is 13.1 Å². The molecule has 31 heavy (non-hydrogen) atoms. The largest absolute Gasteiger partial charge is 0.497 e. The minimum Gasteiger partial charge on any atom is -0.497 e. The highest BCUT2D eigenvalue weighted by molar-refractivity contribution is 7.89. The average Bonchev–Trinajstić information content (AvgIpc) is 3.21. The number of carbonyl (C=O) groups excluding carboxylic acids is 1. The van der Waals surface area contributed by atoms with Crippen LogP contribution in [0.25, 0.3) is 0 Å². The Morgan fingerprint density at radius 2 is 1.74 bits per heavy atom. The van der Waals surface area contributed by atoms with Gasteiger partial charge in [0, 0.05) is 24.3 Å². The van der Waals surface area contributed by atoms with E-state index in [0.29, 0.717) is 18.5 Å². The van der Waals surface area contributed by atoms with Crippen LogP contribution in [0.3, 0.4) is 0 Å². The Kier molecular flexibility index (Phi) is 5.80. The molecule has 0 atom stereocenters. The normalized spacial score (nSPS) is 13.2. The fourth-order valence-corrected chi connectivity index (χ4v) is 4.68. The summed E-state index contributed by atoms with van der Waals surface area (Å²) < 4.78 is 33.3. The number of nitrogens with zero attached hydrogens (tertiary/aromatic N) is 1. The van der Waals surface area contributed by atoms with Crippen molar-refractivity contribution in [1.82, 2.24) is 4.72 Å². The van der Waals surface area contributed by atoms with Crippen molar-refractivity contribution in [3.8, 4) is 5.75 Å². The van der Waals surface area contributed by atoms with Crippen molar-refractivity contribution in [3.05, 3.63) is 89.0 Å². The lowest BCUT2D eigenvalue weighted by molar-refractivity contribution is 0.0989. The number of methoxy groups -OCH3 is 1. The molecule has 0 saturated heterocycles. The number of sulfonamides is 1. The summed E-state index contributed by atoms with van der Waals surface area (Å²) in [6.45, 7) is 2.69. The number of ether oxygens (including phenoxy) is 1. The number of nitrogens with one attached hydrogen (secondary N) is 1. The molecule has 0 aliphatic carbocycles. The number of amides is 1. The van der Waals surface area contributed by atoms with Crippen molar-refractivity contribution in [2.45, 2.75) is 24.8 Å². The van der Waals surface area contributed by atoms with E-state index in [0.717, 1.165) is 28.1 Å². The predicted octanol–water partition coefficient (Wildman–Crippen LogP) is 3.69. The minimum absolute atomic E-state index is 0.0769. The van der Waals surface area contributed by atoms with Crippen LogP contribution in [-0.2, 0) is 23.0 Å². The quantitative estimate of drug-likeness (QED) is 0.640. The molecule has 160 valence electrons. The molecule has 0 spiro atoms. The van der Waals surface area contributed by atoms with Crippen LogP contribution in [0.5, 0.6) is 5.75 Å². The second-order valence-corrected chi connectivity index (χ2v) is 9.30. The molecule has 3 aromatic rings. The van der Waals surface area contributed by atoms with Crippen LogP contribution in [0, 0.1) is 6.92 Å². The molecule has 1 aliphatic rings. The number of anilines is 1. The van der Waals surface area contributed by atoms with Crippen LogP contribution in [0.2, 0.25) is 0 Å². The molecule has 4 rings (SSSR count). The van der Waals surface area contributed by atoms with Crippen LogP contribution < -0.4 is 14.4 Å². The monoisotopic (exact) mass is 436 g/mol. The number of hydrogen-bond acceptors (Lipinski definition) is 4. The van der Waals surface area contributed by atoms with E-state index < -0.39 is 10.0 Å². The van der Waals surface area contributed by atoms with Gasteiger partial charge in [-0.05, 0) is 66.9 Å². The molecule has 0 bridgehead atoms. The molecule has 1 aliphatic heterocycles. The van der Waals surface area contributed by atoms with Crippen LogP contribution >= 0.6 is 0 Å². The van der Waals surface area contributed by atoms with Gasteiger partial charge in [0.15, 0.2) is 0 Å². The summed E-state index contributed by atoms with van der Waals surface area (Å²) in [5.41, 5.74) is 4.17. The van der Waals surface area contributed by atoms with Gasteiger partial charge in [0.25, 0.3) is 5.91 Å². The third-order valence-electron chi connectivity index (χ3n) is 5.43. The van der Waals surface area contributed by atoms with Gasteiger partial charge in [0.1, 0.15) is 5.75 Å². The Bertz CT molecular complexity index is 1200. The van der Waals surface area contributed by atoms with Gasteiger partial charge < -0.3 is 9.64 Å². The van der Waals surface area contributed by atoms with Crippen LogP contribution in [-0.4, -0.2) is 28.0 Å². The summed E-state index contributed by atoms with van der Waals surface area (Å²) in [5.74, 6) is 0.641. The zero-order valence-electron chi connectivity index (χ0n) is 17.5. The van der Waals surface area contributed by atoms with E-state index in [1.165, 1.54) is 0 Å². The molecule has 0 unspecified atom stereocenters. The fourth-order valence-electron chi connectivity index (χ4n) is 3.61. The highest BCUT2D eigenvalue weighted by Gasteiger charge is 2.27. The Morgan fingerprint density at radius 1 is 1.03 bits per heavy atom. The lowest BCUT2D eigenvalue weighted by Crippen LogP contribution is -2.28. The zero-order chi connectivity index (χ0) is 22.0. The smallest absolute Gasteiger partial charge is 0.258 e. The van der Waals surface area contributed by atoms with Gasteiger partial charge >= 0.3 is 0 Å². The first-order chi connectivity index (χ1) is 14.9. The number of fused-ring (bicyclic) bond motifs is 1. The molecule has 6 nitrogen and oxygen atoms in total. The molecule has 1 amide bonds. The zero-order valence-corrected chi connectivity index (χ0v) is 18.3. The molecule has 7 heteroatoms. The topological polar surface area (TPSA) is 75.7 Å². The average molecular weight is 437 g/mol. The van der Waals surface area contributed by atoms with Gasteiger partial charge in [-0.2, -0.15) is 0 Å².